The van der Waals surface area contributed by atoms with Crippen LogP contribution < -0.4 is 14.9 Å². The maximum absolute atomic E-state index is 12.7. The lowest BCUT2D eigenvalue weighted by molar-refractivity contribution is -0.384. The summed E-state index contributed by atoms with van der Waals surface area (Å²) in [7, 11) is -3.94. The van der Waals surface area contributed by atoms with Gasteiger partial charge in [0.25, 0.3) is 5.69 Å². The number of hydrogen-bond donors (Lipinski definition) is 2. The Kier molecular flexibility index (Phi) is 7.25. The molecule has 2 aromatic rings. The fourth-order valence-electron chi connectivity index (χ4n) is 3.63. The van der Waals surface area contributed by atoms with Crippen molar-refractivity contribution in [3.63, 3.8) is 0 Å². The zero-order chi connectivity index (χ0) is 24.4. The Morgan fingerprint density at radius 2 is 2.00 bits per heavy atom. The van der Waals surface area contributed by atoms with E-state index in [-0.39, 0.29) is 28.7 Å². The predicted octanol–water partition coefficient (Wildman–Crippen LogP) is 3.58. The van der Waals surface area contributed by atoms with E-state index in [4.69, 9.17) is 11.6 Å². The van der Waals surface area contributed by atoms with Crippen molar-refractivity contribution in [1.29, 1.82) is 0 Å². The molecule has 0 radical (unpaired) electrons. The average molecular weight is 496 g/mol. The van der Waals surface area contributed by atoms with E-state index in [1.165, 1.54) is 18.3 Å². The van der Waals surface area contributed by atoms with Crippen molar-refractivity contribution < 1.29 is 18.1 Å². The van der Waals surface area contributed by atoms with Gasteiger partial charge in [0.15, 0.2) is 0 Å². The van der Waals surface area contributed by atoms with Crippen molar-refractivity contribution in [2.45, 2.75) is 44.0 Å². The molecule has 10 nitrogen and oxygen atoms in total. The van der Waals surface area contributed by atoms with Crippen molar-refractivity contribution in [2.24, 2.45) is 5.92 Å². The number of halogens is 1. The van der Waals surface area contributed by atoms with E-state index in [2.05, 4.69) is 15.0 Å². The fraction of sp³-hybridized carbons (Fsp3) is 0.429. The zero-order valence-electron chi connectivity index (χ0n) is 18.5. The maximum atomic E-state index is 12.7. The van der Waals surface area contributed by atoms with Gasteiger partial charge in [-0.1, -0.05) is 11.6 Å². The molecule has 1 aromatic heterocycles. The highest BCUT2D eigenvalue weighted by Gasteiger charge is 2.31. The van der Waals surface area contributed by atoms with Gasteiger partial charge in [-0.25, -0.2) is 18.1 Å². The van der Waals surface area contributed by atoms with Crippen molar-refractivity contribution in [1.82, 2.24) is 9.71 Å². The highest BCUT2D eigenvalue weighted by atomic mass is 35.5. The topological polar surface area (TPSA) is 135 Å². The number of benzene rings is 1. The summed E-state index contributed by atoms with van der Waals surface area (Å²) in [5.74, 6) is -0.291. The summed E-state index contributed by atoms with van der Waals surface area (Å²) >= 11 is 5.82. The van der Waals surface area contributed by atoms with E-state index in [9.17, 15) is 23.3 Å². The lowest BCUT2D eigenvalue weighted by Gasteiger charge is -2.33. The SMILES string of the molecule is CC(C)(C)NS(=O)(=O)c1ccc(N2CCC[C@H](C(=O)Nc3ccc(Cl)cn3)C2)c([N+](=O)[O-])c1. The van der Waals surface area contributed by atoms with Crippen LogP contribution in [0.1, 0.15) is 33.6 Å². The van der Waals surface area contributed by atoms with E-state index >= 15 is 0 Å². The monoisotopic (exact) mass is 495 g/mol. The number of aromatic nitrogens is 1. The number of rotatable bonds is 6. The third-order valence-corrected chi connectivity index (χ3v) is 6.99. The number of carbonyl (C=O) groups is 1. The first-order valence-electron chi connectivity index (χ1n) is 10.4. The Balaban J connectivity index is 1.82. The molecular weight excluding hydrogens is 470 g/mol. The number of carbonyl (C=O) groups excluding carboxylic acids is 1. The van der Waals surface area contributed by atoms with E-state index < -0.39 is 26.4 Å². The molecule has 0 bridgehead atoms. The standard InChI is InChI=1S/C21H26ClN5O5S/c1-21(2,3)25-33(31,32)16-7-8-17(18(11-16)27(29)30)26-10-4-5-14(13-26)20(28)24-19-9-6-15(22)12-23-19/h6-9,11-12,14,25H,4-5,10,13H2,1-3H3,(H,23,24,28)/t14-/m0/s1. The minimum atomic E-state index is -3.94. The molecule has 1 saturated heterocycles. The molecule has 2 N–H and O–H groups in total. The second kappa shape index (κ2) is 9.62. The maximum Gasteiger partial charge on any atom is 0.293 e. The number of hydrogen-bond acceptors (Lipinski definition) is 7. The van der Waals surface area contributed by atoms with E-state index in [1.54, 1.807) is 37.8 Å². The second-order valence-electron chi connectivity index (χ2n) is 8.90. The van der Waals surface area contributed by atoms with Crippen LogP contribution in [0.2, 0.25) is 5.02 Å². The number of nitrogens with zero attached hydrogens (tertiary/aromatic N) is 3. The van der Waals surface area contributed by atoms with Gasteiger partial charge in [0.2, 0.25) is 15.9 Å². The average Bonchev–Trinajstić information content (AvgIpc) is 2.73. The number of sulfonamides is 1. The zero-order valence-corrected chi connectivity index (χ0v) is 20.1. The summed E-state index contributed by atoms with van der Waals surface area (Å²) < 4.78 is 27.8. The van der Waals surface area contributed by atoms with Crippen LogP contribution in [0.5, 0.6) is 0 Å². The van der Waals surface area contributed by atoms with Crippen LogP contribution in [-0.4, -0.2) is 42.9 Å². The summed E-state index contributed by atoms with van der Waals surface area (Å²) in [4.78, 5) is 29.5. The smallest absolute Gasteiger partial charge is 0.293 e. The largest absolute Gasteiger partial charge is 0.365 e. The molecule has 1 amide bonds. The van der Waals surface area contributed by atoms with Crippen LogP contribution in [0.3, 0.4) is 0 Å². The van der Waals surface area contributed by atoms with Gasteiger partial charge >= 0.3 is 0 Å². The van der Waals surface area contributed by atoms with Gasteiger partial charge in [0.05, 0.1) is 20.8 Å². The summed E-state index contributed by atoms with van der Waals surface area (Å²) in [6, 6.07) is 7.04. The summed E-state index contributed by atoms with van der Waals surface area (Å²) in [5.41, 5.74) is -0.789. The van der Waals surface area contributed by atoms with Crippen LogP contribution in [-0.2, 0) is 14.8 Å². The van der Waals surface area contributed by atoms with Crippen molar-refractivity contribution in [3.05, 3.63) is 51.7 Å². The minimum absolute atomic E-state index is 0.187. The molecule has 1 aliphatic rings. The second-order valence-corrected chi connectivity index (χ2v) is 11.0. The minimum Gasteiger partial charge on any atom is -0.365 e. The molecule has 2 heterocycles. The van der Waals surface area contributed by atoms with Crippen molar-refractivity contribution in [3.8, 4) is 0 Å². The number of piperidine rings is 1. The van der Waals surface area contributed by atoms with Crippen LogP contribution in [0.4, 0.5) is 17.2 Å². The van der Waals surface area contributed by atoms with Gasteiger partial charge < -0.3 is 10.2 Å². The molecule has 12 heteroatoms. The van der Waals surface area contributed by atoms with Gasteiger partial charge in [-0.2, -0.15) is 0 Å². The van der Waals surface area contributed by atoms with Crippen molar-refractivity contribution >= 4 is 44.7 Å². The number of pyridine rings is 1. The third-order valence-electron chi connectivity index (χ3n) is 5.01. The molecular formula is C21H26ClN5O5S. The Labute approximate surface area is 197 Å². The Hall–Kier alpha value is -2.76. The molecule has 0 unspecified atom stereocenters. The first-order valence-corrected chi connectivity index (χ1v) is 12.2. The van der Waals surface area contributed by atoms with Gasteiger partial charge in [-0.15, -0.1) is 0 Å². The van der Waals surface area contributed by atoms with Crippen LogP contribution >= 0.6 is 11.6 Å². The molecule has 0 saturated carbocycles. The Morgan fingerprint density at radius 3 is 2.61 bits per heavy atom. The van der Waals surface area contributed by atoms with Crippen LogP contribution in [0.15, 0.2) is 41.4 Å². The number of anilines is 2. The van der Waals surface area contributed by atoms with E-state index in [0.29, 0.717) is 30.2 Å². The molecule has 33 heavy (non-hydrogen) atoms. The first kappa shape index (κ1) is 24.9. The molecule has 1 atom stereocenters. The molecule has 178 valence electrons. The highest BCUT2D eigenvalue weighted by Crippen LogP contribution is 2.34. The van der Waals surface area contributed by atoms with Crippen molar-refractivity contribution in [2.75, 3.05) is 23.3 Å². The van der Waals surface area contributed by atoms with Gasteiger partial charge in [0.1, 0.15) is 11.5 Å². The third kappa shape index (κ3) is 6.40. The molecule has 3 rings (SSSR count). The Morgan fingerprint density at radius 1 is 1.27 bits per heavy atom. The quantitative estimate of drug-likeness (QED) is 0.462. The van der Waals surface area contributed by atoms with Gasteiger partial charge in [-0.05, 0) is 57.9 Å². The molecule has 1 aliphatic heterocycles. The lowest BCUT2D eigenvalue weighted by atomic mass is 9.96. The fourth-order valence-corrected chi connectivity index (χ4v) is 5.18. The Bertz CT molecular complexity index is 1150. The van der Waals surface area contributed by atoms with Crippen LogP contribution in [0, 0.1) is 16.0 Å². The molecule has 1 aromatic carbocycles. The summed E-state index contributed by atoms with van der Waals surface area (Å²) in [6.45, 7) is 5.83. The van der Waals surface area contributed by atoms with E-state index in [1.807, 2.05) is 0 Å². The first-order chi connectivity index (χ1) is 15.4. The van der Waals surface area contributed by atoms with Crippen LogP contribution in [0.25, 0.3) is 0 Å². The molecule has 0 spiro atoms. The normalized spacial score (nSPS) is 17.0. The predicted molar refractivity (Wildman–Crippen MR) is 126 cm³/mol. The summed E-state index contributed by atoms with van der Waals surface area (Å²) in [6.07, 6.45) is 2.69. The number of nitro benzene ring substituents is 1. The van der Waals surface area contributed by atoms with Gasteiger partial charge in [0, 0.05) is 30.9 Å². The highest BCUT2D eigenvalue weighted by molar-refractivity contribution is 7.89. The van der Waals surface area contributed by atoms with E-state index in [0.717, 1.165) is 6.07 Å². The van der Waals surface area contributed by atoms with Gasteiger partial charge in [-0.3, -0.25) is 14.9 Å². The lowest BCUT2D eigenvalue weighted by Crippen LogP contribution is -2.41. The summed E-state index contributed by atoms with van der Waals surface area (Å²) in [5, 5.41) is 15.0. The number of nitrogens with one attached hydrogen (secondary N) is 2. The molecule has 0 aliphatic carbocycles. The number of amides is 1. The molecule has 1 fully saturated rings. The number of nitro groups is 1.